The second-order valence-electron chi connectivity index (χ2n) is 6.97. The zero-order valence-corrected chi connectivity index (χ0v) is 16.3. The SMILES string of the molecule is C[C@H]1CCC[C@H](C)N1C(=O)c1cc(Cl)ccc1NC(=O)NCc1ccoc1. The number of hydrogen-bond donors (Lipinski definition) is 2. The molecule has 1 aliphatic rings. The maximum absolute atomic E-state index is 13.2. The lowest BCUT2D eigenvalue weighted by Crippen LogP contribution is -2.47. The summed E-state index contributed by atoms with van der Waals surface area (Å²) in [6, 6.07) is 6.62. The second-order valence-corrected chi connectivity index (χ2v) is 7.41. The van der Waals surface area contributed by atoms with Crippen LogP contribution >= 0.6 is 11.6 Å². The lowest BCUT2D eigenvalue weighted by Gasteiger charge is -2.39. The molecule has 0 aliphatic carbocycles. The molecule has 1 aliphatic heterocycles. The molecule has 0 bridgehead atoms. The first kappa shape index (κ1) is 19.3. The number of benzene rings is 1. The van der Waals surface area contributed by atoms with Crippen LogP contribution in [-0.2, 0) is 6.54 Å². The Kier molecular flexibility index (Phi) is 6.06. The van der Waals surface area contributed by atoms with Gasteiger partial charge in [-0.1, -0.05) is 11.6 Å². The minimum absolute atomic E-state index is 0.109. The van der Waals surface area contributed by atoms with Crippen LogP contribution in [0.15, 0.2) is 41.2 Å². The molecule has 3 amide bonds. The van der Waals surface area contributed by atoms with Gasteiger partial charge in [0.15, 0.2) is 0 Å². The summed E-state index contributed by atoms with van der Waals surface area (Å²) in [6.07, 6.45) is 6.18. The normalized spacial score (nSPS) is 19.6. The Labute approximate surface area is 163 Å². The van der Waals surface area contributed by atoms with Crippen molar-refractivity contribution in [2.45, 2.75) is 51.7 Å². The number of amides is 3. The third-order valence-electron chi connectivity index (χ3n) is 4.92. The fourth-order valence-electron chi connectivity index (χ4n) is 3.51. The van der Waals surface area contributed by atoms with Gasteiger partial charge in [0.25, 0.3) is 5.91 Å². The summed E-state index contributed by atoms with van der Waals surface area (Å²) in [5.41, 5.74) is 1.70. The van der Waals surface area contributed by atoms with Crippen LogP contribution in [0.25, 0.3) is 0 Å². The number of carbonyl (C=O) groups excluding carboxylic acids is 2. The van der Waals surface area contributed by atoms with Gasteiger partial charge >= 0.3 is 6.03 Å². The van der Waals surface area contributed by atoms with Crippen molar-refractivity contribution in [3.8, 4) is 0 Å². The first-order valence-corrected chi connectivity index (χ1v) is 9.51. The lowest BCUT2D eigenvalue weighted by atomic mass is 9.96. The number of nitrogens with one attached hydrogen (secondary N) is 2. The molecule has 2 N–H and O–H groups in total. The van der Waals surface area contributed by atoms with Crippen LogP contribution in [0.1, 0.15) is 49.0 Å². The minimum Gasteiger partial charge on any atom is -0.472 e. The molecule has 1 saturated heterocycles. The van der Waals surface area contributed by atoms with Crippen molar-refractivity contribution in [3.63, 3.8) is 0 Å². The molecule has 2 aromatic rings. The number of hydrogen-bond acceptors (Lipinski definition) is 3. The molecule has 0 saturated carbocycles. The molecule has 0 spiro atoms. The molecule has 144 valence electrons. The van der Waals surface area contributed by atoms with Crippen LogP contribution in [0, 0.1) is 0 Å². The summed E-state index contributed by atoms with van der Waals surface area (Å²) < 4.78 is 4.98. The predicted molar refractivity (Wildman–Crippen MR) is 105 cm³/mol. The summed E-state index contributed by atoms with van der Waals surface area (Å²) in [5.74, 6) is -0.109. The highest BCUT2D eigenvalue weighted by Crippen LogP contribution is 2.28. The number of likely N-dealkylation sites (tertiary alicyclic amines) is 1. The van der Waals surface area contributed by atoms with E-state index in [1.165, 1.54) is 0 Å². The third-order valence-corrected chi connectivity index (χ3v) is 5.16. The molecule has 1 fully saturated rings. The topological polar surface area (TPSA) is 74.6 Å². The summed E-state index contributed by atoms with van der Waals surface area (Å²) in [7, 11) is 0. The van der Waals surface area contributed by atoms with Crippen molar-refractivity contribution < 1.29 is 14.0 Å². The average molecular weight is 390 g/mol. The maximum Gasteiger partial charge on any atom is 0.319 e. The fraction of sp³-hybridized carbons (Fsp3) is 0.400. The summed E-state index contributed by atoms with van der Waals surface area (Å²) in [4.78, 5) is 27.4. The van der Waals surface area contributed by atoms with Gasteiger partial charge in [-0.05, 0) is 57.4 Å². The first-order chi connectivity index (χ1) is 13.0. The first-order valence-electron chi connectivity index (χ1n) is 9.14. The molecule has 2 atom stereocenters. The number of nitrogens with zero attached hydrogens (tertiary/aromatic N) is 1. The fourth-order valence-corrected chi connectivity index (χ4v) is 3.68. The van der Waals surface area contributed by atoms with Gasteiger partial charge in [0.1, 0.15) is 0 Å². The Morgan fingerprint density at radius 3 is 2.63 bits per heavy atom. The van der Waals surface area contributed by atoms with Crippen molar-refractivity contribution in [3.05, 3.63) is 52.9 Å². The molecule has 1 aromatic heterocycles. The number of anilines is 1. The number of piperidine rings is 1. The van der Waals surface area contributed by atoms with E-state index in [0.717, 1.165) is 24.8 Å². The van der Waals surface area contributed by atoms with Crippen molar-refractivity contribution in [1.29, 1.82) is 0 Å². The van der Waals surface area contributed by atoms with Crippen molar-refractivity contribution in [1.82, 2.24) is 10.2 Å². The van der Waals surface area contributed by atoms with Gasteiger partial charge in [-0.3, -0.25) is 4.79 Å². The third kappa shape index (κ3) is 4.63. The van der Waals surface area contributed by atoms with Crippen LogP contribution in [0.5, 0.6) is 0 Å². The zero-order chi connectivity index (χ0) is 19.4. The number of furan rings is 1. The number of rotatable bonds is 4. The Morgan fingerprint density at radius 2 is 1.96 bits per heavy atom. The van der Waals surface area contributed by atoms with Gasteiger partial charge < -0.3 is 20.0 Å². The van der Waals surface area contributed by atoms with Crippen molar-refractivity contribution in [2.75, 3.05) is 5.32 Å². The molecular formula is C20H24ClN3O3. The molecule has 6 nitrogen and oxygen atoms in total. The van der Waals surface area contributed by atoms with E-state index in [0.29, 0.717) is 22.8 Å². The highest BCUT2D eigenvalue weighted by atomic mass is 35.5. The maximum atomic E-state index is 13.2. The molecule has 0 unspecified atom stereocenters. The molecule has 7 heteroatoms. The molecule has 1 aromatic carbocycles. The van der Waals surface area contributed by atoms with Crippen molar-refractivity contribution in [2.24, 2.45) is 0 Å². The van der Waals surface area contributed by atoms with Crippen LogP contribution in [0.2, 0.25) is 5.02 Å². The Morgan fingerprint density at radius 1 is 1.22 bits per heavy atom. The molecule has 2 heterocycles. The van der Waals surface area contributed by atoms with E-state index >= 15 is 0 Å². The van der Waals surface area contributed by atoms with E-state index in [2.05, 4.69) is 24.5 Å². The van der Waals surface area contributed by atoms with E-state index < -0.39 is 6.03 Å². The largest absolute Gasteiger partial charge is 0.472 e. The average Bonchev–Trinajstić information content (AvgIpc) is 3.15. The van der Waals surface area contributed by atoms with Gasteiger partial charge in [0.2, 0.25) is 0 Å². The van der Waals surface area contributed by atoms with Gasteiger partial charge in [-0.15, -0.1) is 0 Å². The molecule has 0 radical (unpaired) electrons. The Bertz CT molecular complexity index is 797. The lowest BCUT2D eigenvalue weighted by molar-refractivity contribution is 0.0512. The van der Waals surface area contributed by atoms with E-state index in [9.17, 15) is 9.59 Å². The quantitative estimate of drug-likeness (QED) is 0.798. The van der Waals surface area contributed by atoms with Crippen LogP contribution in [0.4, 0.5) is 10.5 Å². The van der Waals surface area contributed by atoms with E-state index in [1.54, 1.807) is 36.8 Å². The predicted octanol–water partition coefficient (Wildman–Crippen LogP) is 4.66. The Hall–Kier alpha value is -2.47. The zero-order valence-electron chi connectivity index (χ0n) is 15.5. The number of urea groups is 1. The van der Waals surface area contributed by atoms with E-state index in [4.69, 9.17) is 16.0 Å². The summed E-state index contributed by atoms with van der Waals surface area (Å²) in [5, 5.41) is 5.96. The smallest absolute Gasteiger partial charge is 0.319 e. The van der Waals surface area contributed by atoms with Crippen LogP contribution in [-0.4, -0.2) is 28.9 Å². The van der Waals surface area contributed by atoms with E-state index in [-0.39, 0.29) is 18.0 Å². The van der Waals surface area contributed by atoms with Gasteiger partial charge in [-0.2, -0.15) is 0 Å². The highest BCUT2D eigenvalue weighted by Gasteiger charge is 2.31. The standard InChI is InChI=1S/C20H24ClN3O3/c1-13-4-3-5-14(2)24(13)19(25)17-10-16(21)6-7-18(17)23-20(26)22-11-15-8-9-27-12-15/h6-10,12-14H,3-5,11H2,1-2H3,(H2,22,23,26)/t13-,14-/m0/s1. The monoisotopic (exact) mass is 389 g/mol. The highest BCUT2D eigenvalue weighted by molar-refractivity contribution is 6.31. The summed E-state index contributed by atoms with van der Waals surface area (Å²) in [6.45, 7) is 4.45. The number of halogens is 1. The second kappa shape index (κ2) is 8.48. The summed E-state index contributed by atoms with van der Waals surface area (Å²) >= 11 is 6.13. The van der Waals surface area contributed by atoms with Gasteiger partial charge in [-0.25, -0.2) is 4.79 Å². The Balaban J connectivity index is 1.76. The van der Waals surface area contributed by atoms with Crippen LogP contribution < -0.4 is 10.6 Å². The van der Waals surface area contributed by atoms with E-state index in [1.807, 2.05) is 4.90 Å². The molecule has 27 heavy (non-hydrogen) atoms. The van der Waals surface area contributed by atoms with Crippen molar-refractivity contribution >= 4 is 29.2 Å². The van der Waals surface area contributed by atoms with Gasteiger partial charge in [0.05, 0.1) is 23.8 Å². The van der Waals surface area contributed by atoms with Crippen LogP contribution in [0.3, 0.4) is 0 Å². The molecule has 3 rings (SSSR count). The minimum atomic E-state index is -0.396. The molecular weight excluding hydrogens is 366 g/mol. The van der Waals surface area contributed by atoms with Gasteiger partial charge in [0, 0.05) is 29.2 Å². The number of carbonyl (C=O) groups is 2.